The van der Waals surface area contributed by atoms with Gasteiger partial charge < -0.3 is 19.6 Å². The molecule has 2 fully saturated rings. The molecule has 26 heteroatoms. The minimum atomic E-state index is -0.0678. The second kappa shape index (κ2) is 45.7. The first-order chi connectivity index (χ1) is 71.1. The molecule has 6 unspecified atom stereocenters. The number of anilines is 4. The molecule has 776 valence electrons. The number of aromatic nitrogens is 18. The third kappa shape index (κ3) is 22.0. The lowest BCUT2D eigenvalue weighted by Crippen LogP contribution is -2.32. The zero-order valence-corrected chi connectivity index (χ0v) is 91.7. The van der Waals surface area contributed by atoms with Crippen LogP contribution in [0.5, 0.6) is 0 Å². The van der Waals surface area contributed by atoms with Gasteiger partial charge in [0.2, 0.25) is 11.8 Å². The molecule has 0 N–H and O–H groups in total. The SMILES string of the molecule is CC(C)C(=O)CCC(=O)N1Cc2ccccc2-c2c(nnn2C(C)C)-c2ccccc21.CC(C)C(=O)CCC(=O)N1Cc2ccccc2-c2nnn(C(C)C)c2-c2ccccc21.CC(C)C1C2CCc3nnn(C(C)C)c3CCC21.CC(C)C1C2CCc3nnn(C(C)C)c3CCC21.CC(C)N1Cc2ccccc2-c2c(nnn2C(C)C)-c2ccccc21.CC(C)N1Cc2ccccc2-c2nnn(C(C)C)c2-c2ccccc21. The smallest absolute Gasteiger partial charge is 0.227 e. The van der Waals surface area contributed by atoms with E-state index in [0.717, 1.165) is 169 Å². The number of Topliss-reactive ketones (excluding diaryl/α,β-unsaturated/α-hetero) is 2. The predicted molar refractivity (Wildman–Crippen MR) is 593 cm³/mol. The van der Waals surface area contributed by atoms with Crippen LogP contribution in [0.1, 0.15) is 299 Å². The number of fused-ring (bicyclic) bond motifs is 24. The summed E-state index contributed by atoms with van der Waals surface area (Å²) in [7, 11) is 0. The highest BCUT2D eigenvalue weighted by molar-refractivity contribution is 6.03. The minimum Gasteiger partial charge on any atom is -0.364 e. The first kappa shape index (κ1) is 106. The Kier molecular flexibility index (Phi) is 32.7. The number of ketones is 2. The van der Waals surface area contributed by atoms with Crippen LogP contribution in [0.2, 0.25) is 0 Å². The molecule has 148 heavy (non-hydrogen) atoms. The van der Waals surface area contributed by atoms with Crippen molar-refractivity contribution in [3.8, 4) is 90.1 Å². The largest absolute Gasteiger partial charge is 0.364 e. The molecule has 6 atom stereocenters. The zero-order valence-electron chi connectivity index (χ0n) is 91.7. The molecule has 0 spiro atoms. The number of hydrogen-bond donors (Lipinski definition) is 0. The van der Waals surface area contributed by atoms with Gasteiger partial charge in [-0.05, 0) is 256 Å². The van der Waals surface area contributed by atoms with E-state index < -0.39 is 0 Å². The van der Waals surface area contributed by atoms with Gasteiger partial charge in [-0.15, -0.1) is 30.6 Å². The number of para-hydroxylation sites is 4. The third-order valence-electron chi connectivity index (χ3n) is 31.2. The summed E-state index contributed by atoms with van der Waals surface area (Å²) in [6, 6.07) is 68.7. The van der Waals surface area contributed by atoms with Crippen molar-refractivity contribution in [3.63, 3.8) is 0 Å². The number of benzene rings is 8. The van der Waals surface area contributed by atoms with Crippen molar-refractivity contribution in [1.29, 1.82) is 0 Å². The molecule has 22 rings (SSSR count). The van der Waals surface area contributed by atoms with E-state index in [-0.39, 0.29) is 85.1 Å². The molecule has 14 aromatic rings. The molecule has 26 nitrogen and oxygen atoms in total. The van der Waals surface area contributed by atoms with Crippen LogP contribution >= 0.6 is 0 Å². The van der Waals surface area contributed by atoms with Crippen LogP contribution in [0.25, 0.3) is 90.1 Å². The van der Waals surface area contributed by atoms with Crippen LogP contribution in [0.3, 0.4) is 0 Å². The number of nitrogens with zero attached hydrogens (tertiary/aromatic N) is 22. The molecule has 6 aromatic heterocycles. The summed E-state index contributed by atoms with van der Waals surface area (Å²) in [5.74, 6) is 7.56. The predicted octanol–water partition coefficient (Wildman–Crippen LogP) is 26.4. The number of carbonyl (C=O) groups is 4. The second-order valence-corrected chi connectivity index (χ2v) is 45.1. The van der Waals surface area contributed by atoms with Gasteiger partial charge in [-0.2, -0.15) is 0 Å². The Bertz CT molecular complexity index is 6940. The van der Waals surface area contributed by atoms with Crippen molar-refractivity contribution >= 4 is 46.1 Å². The Morgan fingerprint density at radius 2 is 0.507 bits per heavy atom. The van der Waals surface area contributed by atoms with Crippen molar-refractivity contribution < 1.29 is 19.2 Å². The van der Waals surface area contributed by atoms with Gasteiger partial charge in [-0.3, -0.25) is 19.2 Å². The number of rotatable bonds is 18. The van der Waals surface area contributed by atoms with E-state index in [4.69, 9.17) is 0 Å². The van der Waals surface area contributed by atoms with Crippen LogP contribution in [0.15, 0.2) is 194 Å². The van der Waals surface area contributed by atoms with Crippen LogP contribution < -0.4 is 19.6 Å². The Hall–Kier alpha value is -13.5. The summed E-state index contributed by atoms with van der Waals surface area (Å²) in [5.41, 5.74) is 30.4. The van der Waals surface area contributed by atoms with Crippen LogP contribution in [0.4, 0.5) is 22.7 Å². The van der Waals surface area contributed by atoms with Gasteiger partial charge in [0.25, 0.3) is 0 Å². The molecule has 4 aliphatic carbocycles. The third-order valence-corrected chi connectivity index (χ3v) is 31.2. The highest BCUT2D eigenvalue weighted by atomic mass is 16.2. The summed E-state index contributed by atoms with van der Waals surface area (Å²) in [6.45, 7) is 54.4. The molecule has 8 aliphatic rings. The maximum atomic E-state index is 13.4. The maximum absolute atomic E-state index is 13.4. The van der Waals surface area contributed by atoms with Gasteiger partial charge in [-0.25, -0.2) is 28.1 Å². The van der Waals surface area contributed by atoms with Crippen LogP contribution in [-0.4, -0.2) is 125 Å². The molecule has 0 radical (unpaired) electrons. The van der Waals surface area contributed by atoms with Gasteiger partial charge in [0.05, 0.1) is 70.0 Å². The minimum absolute atomic E-state index is 0.0525. The van der Waals surface area contributed by atoms with E-state index in [2.05, 4.69) is 332 Å². The summed E-state index contributed by atoms with van der Waals surface area (Å²) >= 11 is 0. The monoisotopic (exact) mass is 1990 g/mol. The van der Waals surface area contributed by atoms with Crippen molar-refractivity contribution in [2.75, 3.05) is 19.6 Å². The van der Waals surface area contributed by atoms with Crippen LogP contribution in [-0.2, 0) is 71.0 Å². The van der Waals surface area contributed by atoms with Crippen molar-refractivity contribution in [2.24, 2.45) is 59.2 Å². The fourth-order valence-electron chi connectivity index (χ4n) is 23.5. The second-order valence-electron chi connectivity index (χ2n) is 45.1. The van der Waals surface area contributed by atoms with Gasteiger partial charge in [-0.1, -0.05) is 257 Å². The number of amides is 2. The average molecular weight is 1990 g/mol. The molecule has 0 bridgehead atoms. The first-order valence-corrected chi connectivity index (χ1v) is 54.7. The lowest BCUT2D eigenvalue weighted by atomic mass is 9.95. The van der Waals surface area contributed by atoms with Crippen molar-refractivity contribution in [2.45, 2.75) is 318 Å². The summed E-state index contributed by atoms with van der Waals surface area (Å²) in [5, 5.41) is 53.6. The molecular formula is C122H154N22O4. The van der Waals surface area contributed by atoms with E-state index in [1.54, 1.807) is 4.90 Å². The average Bonchev–Trinajstić information content (AvgIpc) is 1.57. The Morgan fingerprint density at radius 1 is 0.257 bits per heavy atom. The van der Waals surface area contributed by atoms with Crippen molar-refractivity contribution in [1.82, 2.24) is 90.0 Å². The standard InChI is InChI=1S/2C25H28N4O2.2C21H24N4.2C15H25N3/c1-16(2)22(30)13-14-23(31)28-15-18-9-5-6-10-19(18)25-24(26-27-29(25)17(3)4)20-11-7-8-12-21(20)28;1-16(2)22(30)13-14-23(31)28-15-18-9-5-6-10-19(18)24-25(29(17(3)4)27-26-24)20-11-7-8-12-21(20)28;1-14(2)24-13-16-9-5-6-10-17(16)21-20(22-23-25(21)15(3)4)18-11-7-8-12-19(18)24;1-14(2)24-13-16-9-5-6-10-17(16)20-21(25(15(3)4)23-22-20)18-11-7-8-12-19(18)24;2*1-9(2)15-11-5-7-13-14(8-6-12(11)15)18(10(3)4)17-16-13/h2*5-12,16-17H,13-15H2,1-4H3;2*5-12,14-15H,13H2,1-4H3;2*9-12,15H,5-8H2,1-4H3. The van der Waals surface area contributed by atoms with Gasteiger partial charge in [0.15, 0.2) is 0 Å². The van der Waals surface area contributed by atoms with Gasteiger partial charge >= 0.3 is 0 Å². The normalized spacial score (nSPS) is 17.4. The molecule has 0 saturated heterocycles. The topological polar surface area (TPSA) is 265 Å². The highest BCUT2D eigenvalue weighted by Crippen LogP contribution is 2.59. The van der Waals surface area contributed by atoms with Gasteiger partial charge in [0, 0.05) is 155 Å². The summed E-state index contributed by atoms with van der Waals surface area (Å²) < 4.78 is 12.3. The lowest BCUT2D eigenvalue weighted by Gasteiger charge is -2.33. The molecule has 8 aromatic carbocycles. The van der Waals surface area contributed by atoms with E-state index in [9.17, 15) is 19.2 Å². The Morgan fingerprint density at radius 3 is 0.845 bits per heavy atom. The Labute approximate surface area is 875 Å². The van der Waals surface area contributed by atoms with Crippen LogP contribution in [0, 0.1) is 59.2 Å². The highest BCUT2D eigenvalue weighted by Gasteiger charge is 2.52. The van der Waals surface area contributed by atoms with E-state index in [1.807, 2.05) is 133 Å². The number of aryl methyl sites for hydroxylation is 2. The first-order valence-electron chi connectivity index (χ1n) is 54.7. The quantitative estimate of drug-likeness (QED) is 0.0772. The fourth-order valence-corrected chi connectivity index (χ4v) is 23.5. The molecule has 4 aliphatic heterocycles. The summed E-state index contributed by atoms with van der Waals surface area (Å²) in [4.78, 5) is 59.5. The zero-order chi connectivity index (χ0) is 105. The van der Waals surface area contributed by atoms with E-state index >= 15 is 0 Å². The maximum Gasteiger partial charge on any atom is 0.227 e. The number of carbonyl (C=O) groups excluding carboxylic acids is 4. The lowest BCUT2D eigenvalue weighted by molar-refractivity contribution is -0.125. The van der Waals surface area contributed by atoms with Crippen molar-refractivity contribution in [3.05, 3.63) is 239 Å². The fraction of sp³-hybridized carbons (Fsp3) is 0.475. The Balaban J connectivity index is 0.000000122. The molecule has 10 heterocycles. The molecule has 2 amide bonds. The van der Waals surface area contributed by atoms with E-state index in [0.29, 0.717) is 37.3 Å². The van der Waals surface area contributed by atoms with E-state index in [1.165, 1.54) is 100 Å². The van der Waals surface area contributed by atoms with Gasteiger partial charge in [0.1, 0.15) is 34.3 Å². The number of hydrogen-bond acceptors (Lipinski definition) is 18. The molecule has 2 saturated carbocycles. The summed E-state index contributed by atoms with van der Waals surface area (Å²) in [6.07, 6.45) is 10.9. The molecular weight excluding hydrogens is 1840 g/mol.